The number of rotatable bonds is 6. The van der Waals surface area contributed by atoms with Crippen molar-refractivity contribution in [1.82, 2.24) is 4.90 Å². The Kier molecular flexibility index (Phi) is 5.13. The second-order valence-corrected chi connectivity index (χ2v) is 5.31. The van der Waals surface area contributed by atoms with Crippen LogP contribution in [-0.2, 0) is 0 Å². The van der Waals surface area contributed by atoms with Gasteiger partial charge < -0.3 is 9.64 Å². The number of hydrogen-bond acceptors (Lipinski definition) is 4. The largest absolute Gasteiger partial charge is 0.492 e. The van der Waals surface area contributed by atoms with Gasteiger partial charge in [0, 0.05) is 12.6 Å². The number of likely N-dealkylation sites (tertiary alicyclic amines) is 1. The number of ether oxygens (including phenoxy) is 1. The Morgan fingerprint density at radius 2 is 2.11 bits per heavy atom. The molecule has 2 rings (SSSR count). The van der Waals surface area contributed by atoms with Crippen LogP contribution in [0.2, 0.25) is 0 Å². The molecule has 1 fully saturated rings. The van der Waals surface area contributed by atoms with Crippen molar-refractivity contribution < 1.29 is 4.74 Å². The second-order valence-electron chi connectivity index (χ2n) is 4.46. The molecule has 98 valence electrons. The summed E-state index contributed by atoms with van der Waals surface area (Å²) in [5, 5.41) is 2.90. The summed E-state index contributed by atoms with van der Waals surface area (Å²) in [6.45, 7) is 4.18. The Hall–Kier alpha value is -0.940. The van der Waals surface area contributed by atoms with Gasteiger partial charge in [0.25, 0.3) is 0 Å². The Morgan fingerprint density at radius 1 is 1.33 bits per heavy atom. The summed E-state index contributed by atoms with van der Waals surface area (Å²) in [4.78, 5) is 12.9. The van der Waals surface area contributed by atoms with Crippen LogP contribution >= 0.6 is 15.9 Å². The first kappa shape index (κ1) is 13.5. The third-order valence-electron chi connectivity index (χ3n) is 3.10. The Bertz CT molecular complexity index is 406. The highest BCUT2D eigenvalue weighted by Crippen LogP contribution is 2.29. The maximum Gasteiger partial charge on any atom is 0.135 e. The third kappa shape index (κ3) is 3.78. The van der Waals surface area contributed by atoms with E-state index >= 15 is 0 Å². The van der Waals surface area contributed by atoms with E-state index in [0.29, 0.717) is 18.0 Å². The molecule has 0 aromatic heterocycles. The first-order valence-electron chi connectivity index (χ1n) is 6.27. The van der Waals surface area contributed by atoms with E-state index in [4.69, 9.17) is 4.74 Å². The standard InChI is InChI=1S/C13H17BrN2O2/c14-12-5-4-11(15-17)10-13(12)18-9-3-8-16-6-1-2-7-16/h4-5,10H,1-3,6-9H2. The van der Waals surface area contributed by atoms with Gasteiger partial charge in [-0.1, -0.05) is 0 Å². The lowest BCUT2D eigenvalue weighted by molar-refractivity contribution is 0.262. The number of nitrogens with zero attached hydrogens (tertiary/aromatic N) is 2. The van der Waals surface area contributed by atoms with Crippen molar-refractivity contribution in [2.45, 2.75) is 19.3 Å². The van der Waals surface area contributed by atoms with Crippen molar-refractivity contribution in [3.8, 4) is 5.75 Å². The third-order valence-corrected chi connectivity index (χ3v) is 3.75. The maximum atomic E-state index is 10.4. The van der Waals surface area contributed by atoms with Crippen LogP contribution in [-0.4, -0.2) is 31.1 Å². The lowest BCUT2D eigenvalue weighted by Crippen LogP contribution is -2.21. The number of halogens is 1. The van der Waals surface area contributed by atoms with E-state index in [2.05, 4.69) is 26.0 Å². The van der Waals surface area contributed by atoms with Crippen LogP contribution in [0.4, 0.5) is 5.69 Å². The zero-order valence-electron chi connectivity index (χ0n) is 10.3. The van der Waals surface area contributed by atoms with Crippen molar-refractivity contribution in [2.75, 3.05) is 26.2 Å². The highest BCUT2D eigenvalue weighted by Gasteiger charge is 2.10. The van der Waals surface area contributed by atoms with Gasteiger partial charge in [-0.25, -0.2) is 0 Å². The van der Waals surface area contributed by atoms with Crippen molar-refractivity contribution in [2.24, 2.45) is 5.18 Å². The van der Waals surface area contributed by atoms with Gasteiger partial charge in [0.05, 0.1) is 11.1 Å². The highest BCUT2D eigenvalue weighted by molar-refractivity contribution is 9.10. The molecule has 18 heavy (non-hydrogen) atoms. The molecule has 0 aliphatic carbocycles. The Labute approximate surface area is 115 Å². The molecule has 1 aromatic carbocycles. The minimum Gasteiger partial charge on any atom is -0.492 e. The zero-order valence-corrected chi connectivity index (χ0v) is 11.9. The van der Waals surface area contributed by atoms with Crippen molar-refractivity contribution >= 4 is 21.6 Å². The second kappa shape index (κ2) is 6.85. The Balaban J connectivity index is 1.76. The average molecular weight is 313 g/mol. The van der Waals surface area contributed by atoms with E-state index in [0.717, 1.165) is 17.4 Å². The highest BCUT2D eigenvalue weighted by atomic mass is 79.9. The molecular weight excluding hydrogens is 296 g/mol. The molecule has 0 saturated carbocycles. The molecule has 0 radical (unpaired) electrons. The zero-order chi connectivity index (χ0) is 12.8. The first-order chi connectivity index (χ1) is 8.79. The van der Waals surface area contributed by atoms with E-state index < -0.39 is 0 Å². The first-order valence-corrected chi connectivity index (χ1v) is 7.07. The van der Waals surface area contributed by atoms with Crippen LogP contribution in [0.3, 0.4) is 0 Å². The minimum atomic E-state index is 0.396. The number of nitroso groups, excluding NO2 is 1. The molecule has 0 amide bonds. The van der Waals surface area contributed by atoms with Crippen LogP contribution in [0.15, 0.2) is 27.8 Å². The number of hydrogen-bond donors (Lipinski definition) is 0. The SMILES string of the molecule is O=Nc1ccc(Br)c(OCCCN2CCCC2)c1. The van der Waals surface area contributed by atoms with Crippen molar-refractivity contribution in [3.63, 3.8) is 0 Å². The summed E-state index contributed by atoms with van der Waals surface area (Å²) in [5.74, 6) is 0.688. The van der Waals surface area contributed by atoms with E-state index in [1.54, 1.807) is 18.2 Å². The molecule has 1 heterocycles. The molecule has 0 unspecified atom stereocenters. The average Bonchev–Trinajstić information content (AvgIpc) is 2.89. The summed E-state index contributed by atoms with van der Waals surface area (Å²) in [6.07, 6.45) is 3.64. The minimum absolute atomic E-state index is 0.396. The molecular formula is C13H17BrN2O2. The lowest BCUT2D eigenvalue weighted by atomic mass is 10.3. The van der Waals surface area contributed by atoms with E-state index in [9.17, 15) is 4.91 Å². The van der Waals surface area contributed by atoms with Gasteiger partial charge >= 0.3 is 0 Å². The van der Waals surface area contributed by atoms with Crippen LogP contribution in [0, 0.1) is 4.91 Å². The summed E-state index contributed by atoms with van der Waals surface area (Å²) in [5.41, 5.74) is 0.396. The predicted octanol–water partition coefficient (Wildman–Crippen LogP) is 3.71. The molecule has 0 N–H and O–H groups in total. The molecule has 1 aliphatic rings. The normalized spacial score (nSPS) is 15.8. The molecule has 0 spiro atoms. The van der Waals surface area contributed by atoms with Gasteiger partial charge in [0.2, 0.25) is 0 Å². The molecule has 1 aliphatic heterocycles. The van der Waals surface area contributed by atoms with Gasteiger partial charge in [-0.3, -0.25) is 0 Å². The topological polar surface area (TPSA) is 41.9 Å². The monoisotopic (exact) mass is 312 g/mol. The van der Waals surface area contributed by atoms with Gasteiger partial charge in [-0.15, -0.1) is 4.91 Å². The van der Waals surface area contributed by atoms with Crippen molar-refractivity contribution in [3.05, 3.63) is 27.6 Å². The summed E-state index contributed by atoms with van der Waals surface area (Å²) >= 11 is 3.40. The molecule has 0 bridgehead atoms. The maximum absolute atomic E-state index is 10.4. The van der Waals surface area contributed by atoms with E-state index in [-0.39, 0.29) is 0 Å². The number of benzene rings is 1. The van der Waals surface area contributed by atoms with E-state index in [1.165, 1.54) is 25.9 Å². The molecule has 5 heteroatoms. The molecule has 0 atom stereocenters. The van der Waals surface area contributed by atoms with E-state index in [1.807, 2.05) is 0 Å². The van der Waals surface area contributed by atoms with Crippen molar-refractivity contribution in [1.29, 1.82) is 0 Å². The van der Waals surface area contributed by atoms with Gasteiger partial charge in [-0.05, 0) is 65.6 Å². The molecule has 1 saturated heterocycles. The van der Waals surface area contributed by atoms with Gasteiger partial charge in [0.15, 0.2) is 0 Å². The summed E-state index contributed by atoms with van der Waals surface area (Å²) in [7, 11) is 0. The molecule has 4 nitrogen and oxygen atoms in total. The van der Waals surface area contributed by atoms with Crippen LogP contribution in [0.1, 0.15) is 19.3 Å². The van der Waals surface area contributed by atoms with Gasteiger partial charge in [-0.2, -0.15) is 0 Å². The smallest absolute Gasteiger partial charge is 0.135 e. The molecule has 1 aromatic rings. The van der Waals surface area contributed by atoms with Crippen LogP contribution in [0.25, 0.3) is 0 Å². The fourth-order valence-electron chi connectivity index (χ4n) is 2.14. The quantitative estimate of drug-likeness (QED) is 0.594. The summed E-state index contributed by atoms with van der Waals surface area (Å²) < 4.78 is 6.52. The van der Waals surface area contributed by atoms with Crippen LogP contribution < -0.4 is 4.74 Å². The lowest BCUT2D eigenvalue weighted by Gasteiger charge is -2.14. The van der Waals surface area contributed by atoms with Crippen LogP contribution in [0.5, 0.6) is 5.75 Å². The summed E-state index contributed by atoms with van der Waals surface area (Å²) in [6, 6.07) is 5.10. The fourth-order valence-corrected chi connectivity index (χ4v) is 2.50. The Morgan fingerprint density at radius 3 is 2.83 bits per heavy atom. The van der Waals surface area contributed by atoms with Gasteiger partial charge in [0.1, 0.15) is 11.4 Å². The fraction of sp³-hybridized carbons (Fsp3) is 0.538. The predicted molar refractivity (Wildman–Crippen MR) is 75.4 cm³/mol.